The number of hydrogen-bond donors (Lipinski definition) is 1. The molecule has 1 aliphatic rings. The predicted molar refractivity (Wildman–Crippen MR) is 71.0 cm³/mol. The van der Waals surface area contributed by atoms with Gasteiger partial charge in [0.05, 0.1) is 10.5 Å². The van der Waals surface area contributed by atoms with Gasteiger partial charge in [0, 0.05) is 12.3 Å². The maximum absolute atomic E-state index is 11.7. The predicted octanol–water partition coefficient (Wildman–Crippen LogP) is 0.525. The SMILES string of the molecule is CS(=O)(=O)c1ccc(C(=O)OCC(=O)NC2CC2)cc1. The van der Waals surface area contributed by atoms with Gasteiger partial charge in [0.1, 0.15) is 0 Å². The van der Waals surface area contributed by atoms with Gasteiger partial charge in [-0.15, -0.1) is 0 Å². The zero-order valence-corrected chi connectivity index (χ0v) is 11.8. The molecule has 1 aliphatic carbocycles. The Labute approximate surface area is 117 Å². The number of carbonyl (C=O) groups is 2. The van der Waals surface area contributed by atoms with Gasteiger partial charge < -0.3 is 10.1 Å². The van der Waals surface area contributed by atoms with Crippen LogP contribution in [-0.4, -0.2) is 39.2 Å². The number of benzene rings is 1. The molecule has 1 N–H and O–H groups in total. The van der Waals surface area contributed by atoms with Gasteiger partial charge in [-0.1, -0.05) is 0 Å². The Morgan fingerprint density at radius 1 is 1.25 bits per heavy atom. The van der Waals surface area contributed by atoms with Crippen molar-refractivity contribution in [2.75, 3.05) is 12.9 Å². The van der Waals surface area contributed by atoms with Crippen LogP contribution in [0.15, 0.2) is 29.2 Å². The molecule has 6 nitrogen and oxygen atoms in total. The molecule has 1 amide bonds. The summed E-state index contributed by atoms with van der Waals surface area (Å²) in [6.07, 6.45) is 3.02. The normalized spacial score (nSPS) is 14.7. The van der Waals surface area contributed by atoms with Crippen LogP contribution < -0.4 is 5.32 Å². The van der Waals surface area contributed by atoms with Crippen molar-refractivity contribution < 1.29 is 22.7 Å². The first-order valence-electron chi connectivity index (χ1n) is 6.13. The van der Waals surface area contributed by atoms with Crippen LogP contribution in [0.5, 0.6) is 0 Å². The molecule has 0 spiro atoms. The number of rotatable bonds is 5. The van der Waals surface area contributed by atoms with Crippen molar-refractivity contribution >= 4 is 21.7 Å². The number of hydrogen-bond acceptors (Lipinski definition) is 5. The van der Waals surface area contributed by atoms with Crippen molar-refractivity contribution in [1.29, 1.82) is 0 Å². The fourth-order valence-electron chi connectivity index (χ4n) is 1.55. The molecule has 0 heterocycles. The molecular weight excluding hydrogens is 282 g/mol. The second-order valence-electron chi connectivity index (χ2n) is 4.71. The summed E-state index contributed by atoms with van der Waals surface area (Å²) in [4.78, 5) is 23.1. The summed E-state index contributed by atoms with van der Waals surface area (Å²) in [5, 5.41) is 2.69. The number of amides is 1. The van der Waals surface area contributed by atoms with Gasteiger partial charge in [0.25, 0.3) is 5.91 Å². The Morgan fingerprint density at radius 2 is 1.85 bits per heavy atom. The molecule has 0 saturated heterocycles. The third-order valence-corrected chi connectivity index (χ3v) is 3.92. The largest absolute Gasteiger partial charge is 0.452 e. The van der Waals surface area contributed by atoms with E-state index >= 15 is 0 Å². The molecule has 1 aromatic carbocycles. The minimum absolute atomic E-state index is 0.125. The summed E-state index contributed by atoms with van der Waals surface area (Å²) in [5.74, 6) is -0.982. The molecule has 1 aromatic rings. The van der Waals surface area contributed by atoms with Crippen LogP contribution in [0.3, 0.4) is 0 Å². The highest BCUT2D eigenvalue weighted by molar-refractivity contribution is 7.90. The lowest BCUT2D eigenvalue weighted by atomic mass is 10.2. The van der Waals surface area contributed by atoms with E-state index in [1.165, 1.54) is 24.3 Å². The van der Waals surface area contributed by atoms with Gasteiger partial charge in [-0.2, -0.15) is 0 Å². The molecule has 0 atom stereocenters. The van der Waals surface area contributed by atoms with Crippen LogP contribution >= 0.6 is 0 Å². The van der Waals surface area contributed by atoms with Crippen molar-refractivity contribution in [1.82, 2.24) is 5.32 Å². The Hall–Kier alpha value is -1.89. The fourth-order valence-corrected chi connectivity index (χ4v) is 2.18. The zero-order chi connectivity index (χ0) is 14.8. The highest BCUT2D eigenvalue weighted by Gasteiger charge is 2.23. The van der Waals surface area contributed by atoms with Gasteiger partial charge in [0.2, 0.25) is 0 Å². The van der Waals surface area contributed by atoms with Gasteiger partial charge in [-0.05, 0) is 37.1 Å². The number of nitrogens with one attached hydrogen (secondary N) is 1. The zero-order valence-electron chi connectivity index (χ0n) is 11.0. The molecule has 0 unspecified atom stereocenters. The molecule has 108 valence electrons. The minimum atomic E-state index is -3.29. The maximum atomic E-state index is 11.7. The number of carbonyl (C=O) groups excluding carboxylic acids is 2. The summed E-state index contributed by atoms with van der Waals surface area (Å²) < 4.78 is 27.4. The third-order valence-electron chi connectivity index (χ3n) is 2.79. The third kappa shape index (κ3) is 4.06. The summed E-state index contributed by atoms with van der Waals surface area (Å²) in [5.41, 5.74) is 0.205. The molecule has 1 saturated carbocycles. The van der Waals surface area contributed by atoms with Crippen molar-refractivity contribution in [3.8, 4) is 0 Å². The number of esters is 1. The first kappa shape index (κ1) is 14.5. The van der Waals surface area contributed by atoms with Crippen LogP contribution in [0, 0.1) is 0 Å². The molecular formula is C13H15NO5S. The van der Waals surface area contributed by atoms with Gasteiger partial charge in [0.15, 0.2) is 16.4 Å². The van der Waals surface area contributed by atoms with E-state index < -0.39 is 15.8 Å². The highest BCUT2D eigenvalue weighted by atomic mass is 32.2. The molecule has 0 aliphatic heterocycles. The van der Waals surface area contributed by atoms with Gasteiger partial charge in [-0.25, -0.2) is 13.2 Å². The van der Waals surface area contributed by atoms with E-state index in [2.05, 4.69) is 5.32 Å². The van der Waals surface area contributed by atoms with Crippen molar-refractivity contribution in [2.24, 2.45) is 0 Å². The van der Waals surface area contributed by atoms with Crippen LogP contribution in [0.2, 0.25) is 0 Å². The van der Waals surface area contributed by atoms with E-state index in [4.69, 9.17) is 4.74 Å². The number of sulfone groups is 1. The smallest absolute Gasteiger partial charge is 0.338 e. The van der Waals surface area contributed by atoms with Gasteiger partial charge in [-0.3, -0.25) is 4.79 Å². The fraction of sp³-hybridized carbons (Fsp3) is 0.385. The van der Waals surface area contributed by atoms with Crippen LogP contribution in [0.25, 0.3) is 0 Å². The van der Waals surface area contributed by atoms with Crippen molar-refractivity contribution in [2.45, 2.75) is 23.8 Å². The molecule has 0 bridgehead atoms. The van der Waals surface area contributed by atoms with E-state index in [-0.39, 0.29) is 29.0 Å². The second-order valence-corrected chi connectivity index (χ2v) is 6.73. The lowest BCUT2D eigenvalue weighted by Gasteiger charge is -2.06. The standard InChI is InChI=1S/C13H15NO5S/c1-20(17,18)11-6-2-9(3-7-11)13(16)19-8-12(15)14-10-4-5-10/h2-3,6-7,10H,4-5,8H2,1H3,(H,14,15). The van der Waals surface area contributed by atoms with Crippen molar-refractivity contribution in [3.63, 3.8) is 0 Å². The monoisotopic (exact) mass is 297 g/mol. The van der Waals surface area contributed by atoms with Gasteiger partial charge >= 0.3 is 5.97 Å². The second kappa shape index (κ2) is 5.62. The van der Waals surface area contributed by atoms with Crippen LogP contribution in [-0.2, 0) is 19.4 Å². The molecule has 0 aromatic heterocycles. The summed E-state index contributed by atoms with van der Waals surface area (Å²) in [7, 11) is -3.29. The highest BCUT2D eigenvalue weighted by Crippen LogP contribution is 2.18. The maximum Gasteiger partial charge on any atom is 0.338 e. The quantitative estimate of drug-likeness (QED) is 0.801. The van der Waals surface area contributed by atoms with E-state index in [1.807, 2.05) is 0 Å². The lowest BCUT2D eigenvalue weighted by Crippen LogP contribution is -2.30. The van der Waals surface area contributed by atoms with Crippen LogP contribution in [0.1, 0.15) is 23.2 Å². The van der Waals surface area contributed by atoms with Crippen LogP contribution in [0.4, 0.5) is 0 Å². The summed E-state index contributed by atoms with van der Waals surface area (Å²) >= 11 is 0. The van der Waals surface area contributed by atoms with E-state index in [1.54, 1.807) is 0 Å². The van der Waals surface area contributed by atoms with Crippen molar-refractivity contribution in [3.05, 3.63) is 29.8 Å². The van der Waals surface area contributed by atoms with E-state index in [9.17, 15) is 18.0 Å². The Kier molecular flexibility index (Phi) is 4.08. The Balaban J connectivity index is 1.90. The average Bonchev–Trinajstić information content (AvgIpc) is 3.19. The number of ether oxygens (including phenoxy) is 1. The Bertz CT molecular complexity index is 617. The summed E-state index contributed by atoms with van der Waals surface area (Å²) in [6, 6.07) is 5.59. The average molecular weight is 297 g/mol. The summed E-state index contributed by atoms with van der Waals surface area (Å²) in [6.45, 7) is -0.330. The molecule has 0 radical (unpaired) electrons. The Morgan fingerprint density at radius 3 is 2.35 bits per heavy atom. The topological polar surface area (TPSA) is 89.5 Å². The minimum Gasteiger partial charge on any atom is -0.452 e. The van der Waals surface area contributed by atoms with E-state index in [0.29, 0.717) is 0 Å². The van der Waals surface area contributed by atoms with E-state index in [0.717, 1.165) is 19.1 Å². The molecule has 20 heavy (non-hydrogen) atoms. The lowest BCUT2D eigenvalue weighted by molar-refractivity contribution is -0.124. The first-order chi connectivity index (χ1) is 9.36. The first-order valence-corrected chi connectivity index (χ1v) is 8.02. The molecule has 7 heteroatoms. The molecule has 2 rings (SSSR count). The molecule has 1 fully saturated rings.